The van der Waals surface area contributed by atoms with Crippen molar-refractivity contribution < 1.29 is 14.3 Å². The zero-order valence-corrected chi connectivity index (χ0v) is 16.5. The number of alkyl halides is 1. The SMILES string of the molecule is COc1ccc(CNC(=O)C23CC4CC(CC(Br)(C4)C2)C3)cc1OC. The minimum Gasteiger partial charge on any atom is -0.493 e. The third kappa shape index (κ3) is 3.05. The molecule has 2 unspecified atom stereocenters. The molecule has 4 nitrogen and oxygen atoms in total. The number of rotatable bonds is 5. The number of amides is 1. The fourth-order valence-corrected chi connectivity index (χ4v) is 7.23. The Balaban J connectivity index is 1.46. The number of halogens is 1. The molecule has 2 atom stereocenters. The first kappa shape index (κ1) is 17.2. The van der Waals surface area contributed by atoms with Crippen LogP contribution in [-0.4, -0.2) is 24.5 Å². The number of benzene rings is 1. The summed E-state index contributed by atoms with van der Waals surface area (Å²) in [6, 6.07) is 5.80. The molecule has 0 radical (unpaired) electrons. The first-order chi connectivity index (χ1) is 12.0. The van der Waals surface area contributed by atoms with E-state index in [0.29, 0.717) is 29.9 Å². The summed E-state index contributed by atoms with van der Waals surface area (Å²) >= 11 is 3.98. The molecule has 0 spiro atoms. The van der Waals surface area contributed by atoms with E-state index in [1.165, 1.54) is 19.3 Å². The van der Waals surface area contributed by atoms with Crippen molar-refractivity contribution in [3.8, 4) is 11.5 Å². The van der Waals surface area contributed by atoms with Gasteiger partial charge in [0.1, 0.15) is 0 Å². The monoisotopic (exact) mass is 407 g/mol. The maximum Gasteiger partial charge on any atom is 0.226 e. The van der Waals surface area contributed by atoms with Crippen molar-refractivity contribution in [3.05, 3.63) is 23.8 Å². The van der Waals surface area contributed by atoms with Crippen molar-refractivity contribution >= 4 is 21.8 Å². The Morgan fingerprint density at radius 1 is 1.16 bits per heavy atom. The lowest BCUT2D eigenvalue weighted by molar-refractivity contribution is -0.144. The minimum absolute atomic E-state index is 0.163. The zero-order valence-electron chi connectivity index (χ0n) is 14.9. The van der Waals surface area contributed by atoms with Gasteiger partial charge in [-0.2, -0.15) is 0 Å². The molecule has 4 bridgehead atoms. The lowest BCUT2D eigenvalue weighted by atomic mass is 9.49. The Labute approximate surface area is 157 Å². The normalized spacial score (nSPS) is 35.5. The van der Waals surface area contributed by atoms with Crippen molar-refractivity contribution in [3.63, 3.8) is 0 Å². The smallest absolute Gasteiger partial charge is 0.226 e. The Kier molecular flexibility index (Phi) is 4.25. The highest BCUT2D eigenvalue weighted by Gasteiger charge is 2.59. The highest BCUT2D eigenvalue weighted by molar-refractivity contribution is 9.10. The second kappa shape index (κ2) is 6.19. The topological polar surface area (TPSA) is 47.6 Å². The number of hydrogen-bond donors (Lipinski definition) is 1. The van der Waals surface area contributed by atoms with Crippen LogP contribution in [0.1, 0.15) is 44.1 Å². The Hall–Kier alpha value is -1.23. The number of ether oxygens (including phenoxy) is 2. The second-order valence-corrected chi connectivity index (χ2v) is 9.95. The molecule has 1 aromatic carbocycles. The molecule has 1 N–H and O–H groups in total. The van der Waals surface area contributed by atoms with Crippen LogP contribution in [0.5, 0.6) is 11.5 Å². The van der Waals surface area contributed by atoms with Crippen molar-refractivity contribution in [2.45, 2.75) is 49.4 Å². The lowest BCUT2D eigenvalue weighted by Gasteiger charge is -2.59. The van der Waals surface area contributed by atoms with Crippen LogP contribution in [0.3, 0.4) is 0 Å². The van der Waals surface area contributed by atoms with Gasteiger partial charge in [-0.3, -0.25) is 4.79 Å². The van der Waals surface area contributed by atoms with E-state index in [-0.39, 0.29) is 15.6 Å². The van der Waals surface area contributed by atoms with Gasteiger partial charge >= 0.3 is 0 Å². The van der Waals surface area contributed by atoms with Gasteiger partial charge in [0.25, 0.3) is 0 Å². The summed E-state index contributed by atoms with van der Waals surface area (Å²) < 4.78 is 10.8. The molecule has 4 fully saturated rings. The number of carbonyl (C=O) groups is 1. The molecule has 4 saturated carbocycles. The summed E-state index contributed by atoms with van der Waals surface area (Å²) in [4.78, 5) is 13.1. The molecule has 0 heterocycles. The highest BCUT2D eigenvalue weighted by Crippen LogP contribution is 2.64. The zero-order chi connectivity index (χ0) is 17.7. The van der Waals surface area contributed by atoms with E-state index in [0.717, 1.165) is 24.8 Å². The van der Waals surface area contributed by atoms with Gasteiger partial charge in [-0.05, 0) is 68.1 Å². The predicted octanol–water partition coefficient (Wildman–Crippen LogP) is 4.05. The molecular weight excluding hydrogens is 382 g/mol. The Morgan fingerprint density at radius 3 is 2.44 bits per heavy atom. The molecule has 0 saturated heterocycles. The van der Waals surface area contributed by atoms with E-state index in [2.05, 4.69) is 21.2 Å². The molecule has 5 rings (SSSR count). The van der Waals surface area contributed by atoms with Crippen LogP contribution in [0.25, 0.3) is 0 Å². The Bertz CT molecular complexity index is 676. The third-order valence-corrected chi connectivity index (χ3v) is 7.30. The number of methoxy groups -OCH3 is 2. The minimum atomic E-state index is -0.163. The van der Waals surface area contributed by atoms with Crippen molar-refractivity contribution in [2.75, 3.05) is 14.2 Å². The Morgan fingerprint density at radius 2 is 1.84 bits per heavy atom. The fraction of sp³-hybridized carbons (Fsp3) is 0.650. The molecule has 4 aliphatic rings. The predicted molar refractivity (Wildman–Crippen MR) is 100 cm³/mol. The first-order valence-electron chi connectivity index (χ1n) is 9.13. The third-order valence-electron chi connectivity index (χ3n) is 6.37. The number of nitrogens with one attached hydrogen (secondary N) is 1. The van der Waals surface area contributed by atoms with Crippen molar-refractivity contribution in [2.24, 2.45) is 17.3 Å². The average Bonchev–Trinajstić information content (AvgIpc) is 2.57. The molecule has 4 aliphatic carbocycles. The second-order valence-electron chi connectivity index (χ2n) is 8.26. The lowest BCUT2D eigenvalue weighted by Crippen LogP contribution is -2.58. The first-order valence-corrected chi connectivity index (χ1v) is 9.93. The van der Waals surface area contributed by atoms with Gasteiger partial charge in [-0.25, -0.2) is 0 Å². The number of hydrogen-bond acceptors (Lipinski definition) is 3. The maximum absolute atomic E-state index is 13.1. The van der Waals surface area contributed by atoms with Crippen LogP contribution in [0.4, 0.5) is 0 Å². The molecule has 25 heavy (non-hydrogen) atoms. The van der Waals surface area contributed by atoms with Gasteiger partial charge in [0.15, 0.2) is 11.5 Å². The van der Waals surface area contributed by atoms with Crippen LogP contribution in [0.15, 0.2) is 18.2 Å². The molecule has 1 amide bonds. The van der Waals surface area contributed by atoms with Gasteiger partial charge in [-0.15, -0.1) is 0 Å². The molecular formula is C20H26BrNO3. The molecule has 1 aromatic rings. The van der Waals surface area contributed by atoms with Crippen molar-refractivity contribution in [1.82, 2.24) is 5.32 Å². The van der Waals surface area contributed by atoms with Crippen molar-refractivity contribution in [1.29, 1.82) is 0 Å². The van der Waals surface area contributed by atoms with E-state index in [1.54, 1.807) is 14.2 Å². The molecule has 5 heteroatoms. The van der Waals surface area contributed by atoms with Gasteiger partial charge in [0.05, 0.1) is 19.6 Å². The van der Waals surface area contributed by atoms with Gasteiger partial charge < -0.3 is 14.8 Å². The van der Waals surface area contributed by atoms with E-state index < -0.39 is 0 Å². The summed E-state index contributed by atoms with van der Waals surface area (Å²) in [6.45, 7) is 0.533. The van der Waals surface area contributed by atoms with Crippen LogP contribution in [-0.2, 0) is 11.3 Å². The van der Waals surface area contributed by atoms with Crippen LogP contribution < -0.4 is 14.8 Å². The van der Waals surface area contributed by atoms with Gasteiger partial charge in [0.2, 0.25) is 5.91 Å². The summed E-state index contributed by atoms with van der Waals surface area (Å²) in [5.41, 5.74) is 0.869. The van der Waals surface area contributed by atoms with E-state index in [9.17, 15) is 4.79 Å². The molecule has 0 aromatic heterocycles. The van der Waals surface area contributed by atoms with E-state index in [1.807, 2.05) is 18.2 Å². The van der Waals surface area contributed by atoms with E-state index in [4.69, 9.17) is 9.47 Å². The van der Waals surface area contributed by atoms with Crippen LogP contribution >= 0.6 is 15.9 Å². The van der Waals surface area contributed by atoms with Crippen LogP contribution in [0.2, 0.25) is 0 Å². The summed E-state index contributed by atoms with van der Waals surface area (Å²) in [5.74, 6) is 3.07. The summed E-state index contributed by atoms with van der Waals surface area (Å²) in [7, 11) is 3.26. The van der Waals surface area contributed by atoms with E-state index >= 15 is 0 Å². The average molecular weight is 408 g/mol. The van der Waals surface area contributed by atoms with Gasteiger partial charge in [0, 0.05) is 10.9 Å². The molecule has 0 aliphatic heterocycles. The number of carbonyl (C=O) groups excluding carboxylic acids is 1. The maximum atomic E-state index is 13.1. The summed E-state index contributed by atoms with van der Waals surface area (Å²) in [6.07, 6.45) is 6.93. The molecule has 136 valence electrons. The fourth-order valence-electron chi connectivity index (χ4n) is 5.78. The standard InChI is InChI=1S/C20H26BrNO3/c1-24-16-4-3-13(6-17(16)25-2)11-22-18(23)19-7-14-5-15(8-19)10-20(21,9-14)12-19/h3-4,6,14-15H,5,7-12H2,1-2H3,(H,22,23). The highest BCUT2D eigenvalue weighted by atomic mass is 79.9. The quantitative estimate of drug-likeness (QED) is 0.748. The van der Waals surface area contributed by atoms with Crippen LogP contribution in [0, 0.1) is 17.3 Å². The summed E-state index contributed by atoms with van der Waals surface area (Å²) in [5, 5.41) is 3.21. The van der Waals surface area contributed by atoms with Gasteiger partial charge in [-0.1, -0.05) is 22.0 Å². The largest absolute Gasteiger partial charge is 0.493 e.